The SMILES string of the molecule is CCCCCCCCCCCCCCCC(CCCC)(CCCC)[C](CC)C(=O)O. The van der Waals surface area contributed by atoms with Crippen LogP contribution in [0.1, 0.15) is 163 Å². The predicted octanol–water partition coefficient (Wildman–Crippen LogP) is 9.90. The second-order valence-electron chi connectivity index (χ2n) is 9.62. The summed E-state index contributed by atoms with van der Waals surface area (Å²) in [4.78, 5) is 12.0. The first-order valence-electron chi connectivity index (χ1n) is 13.7. The Morgan fingerprint density at radius 1 is 0.533 bits per heavy atom. The van der Waals surface area contributed by atoms with Gasteiger partial charge in [-0.2, -0.15) is 0 Å². The maximum atomic E-state index is 12.0. The van der Waals surface area contributed by atoms with Crippen molar-refractivity contribution in [2.24, 2.45) is 5.41 Å². The predicted molar refractivity (Wildman–Crippen MR) is 133 cm³/mol. The summed E-state index contributed by atoms with van der Waals surface area (Å²) in [5, 5.41) is 9.87. The van der Waals surface area contributed by atoms with Gasteiger partial charge in [-0.15, -0.1) is 0 Å². The Morgan fingerprint density at radius 2 is 0.867 bits per heavy atom. The molecule has 0 aromatic carbocycles. The number of aliphatic carboxylic acids is 1. The fourth-order valence-electron chi connectivity index (χ4n) is 5.09. The molecule has 0 aromatic rings. The van der Waals surface area contributed by atoms with Gasteiger partial charge in [0.05, 0.1) is 5.92 Å². The third-order valence-electron chi connectivity index (χ3n) is 7.03. The van der Waals surface area contributed by atoms with Crippen LogP contribution in [0.5, 0.6) is 0 Å². The number of carbonyl (C=O) groups is 1. The first-order valence-corrected chi connectivity index (χ1v) is 13.7. The zero-order chi connectivity index (χ0) is 22.5. The highest BCUT2D eigenvalue weighted by atomic mass is 16.4. The molecular formula is C28H55O2. The van der Waals surface area contributed by atoms with E-state index in [0.29, 0.717) is 6.42 Å². The van der Waals surface area contributed by atoms with Gasteiger partial charge in [0.15, 0.2) is 0 Å². The summed E-state index contributed by atoms with van der Waals surface area (Å²) in [6.07, 6.45) is 26.3. The van der Waals surface area contributed by atoms with Gasteiger partial charge in [-0.3, -0.25) is 4.79 Å². The summed E-state index contributed by atoms with van der Waals surface area (Å²) in [5.74, 6) is 0.169. The molecule has 0 amide bonds. The molecule has 0 saturated carbocycles. The van der Waals surface area contributed by atoms with Crippen LogP contribution in [0.4, 0.5) is 0 Å². The van der Waals surface area contributed by atoms with Gasteiger partial charge in [-0.05, 0) is 31.1 Å². The van der Waals surface area contributed by atoms with Crippen LogP contribution in [0.3, 0.4) is 0 Å². The number of unbranched alkanes of at least 4 members (excludes halogenated alkanes) is 14. The van der Waals surface area contributed by atoms with Crippen molar-refractivity contribution in [1.82, 2.24) is 0 Å². The van der Waals surface area contributed by atoms with Crippen molar-refractivity contribution in [3.8, 4) is 0 Å². The van der Waals surface area contributed by atoms with Crippen LogP contribution >= 0.6 is 0 Å². The van der Waals surface area contributed by atoms with E-state index in [4.69, 9.17) is 0 Å². The van der Waals surface area contributed by atoms with E-state index in [1.54, 1.807) is 0 Å². The van der Waals surface area contributed by atoms with E-state index in [0.717, 1.165) is 50.9 Å². The quantitative estimate of drug-likeness (QED) is 0.166. The lowest BCUT2D eigenvalue weighted by Crippen LogP contribution is -2.34. The Kier molecular flexibility index (Phi) is 20.0. The van der Waals surface area contributed by atoms with Crippen LogP contribution in [0.25, 0.3) is 0 Å². The van der Waals surface area contributed by atoms with Crippen molar-refractivity contribution in [3.05, 3.63) is 5.92 Å². The molecule has 30 heavy (non-hydrogen) atoms. The minimum absolute atomic E-state index is 0.0512. The first-order chi connectivity index (χ1) is 14.6. The van der Waals surface area contributed by atoms with Crippen LogP contribution in [0, 0.1) is 11.3 Å². The van der Waals surface area contributed by atoms with Crippen molar-refractivity contribution in [2.75, 3.05) is 0 Å². The van der Waals surface area contributed by atoms with Crippen molar-refractivity contribution in [3.63, 3.8) is 0 Å². The van der Waals surface area contributed by atoms with Crippen LogP contribution in [0.15, 0.2) is 0 Å². The van der Waals surface area contributed by atoms with Gasteiger partial charge < -0.3 is 5.11 Å². The molecule has 0 aliphatic rings. The van der Waals surface area contributed by atoms with E-state index in [1.807, 2.05) is 6.92 Å². The minimum atomic E-state index is -0.639. The lowest BCUT2D eigenvalue weighted by atomic mass is 9.65. The Balaban J connectivity index is 4.21. The van der Waals surface area contributed by atoms with Gasteiger partial charge in [0.2, 0.25) is 0 Å². The van der Waals surface area contributed by atoms with E-state index >= 15 is 0 Å². The summed E-state index contributed by atoms with van der Waals surface area (Å²) in [6.45, 7) is 8.77. The van der Waals surface area contributed by atoms with Crippen molar-refractivity contribution < 1.29 is 9.90 Å². The zero-order valence-corrected chi connectivity index (χ0v) is 21.2. The van der Waals surface area contributed by atoms with Crippen LogP contribution in [-0.4, -0.2) is 11.1 Å². The lowest BCUT2D eigenvalue weighted by Gasteiger charge is -2.39. The second kappa shape index (κ2) is 20.4. The molecular weight excluding hydrogens is 368 g/mol. The summed E-state index contributed by atoms with van der Waals surface area (Å²) in [7, 11) is 0. The molecule has 0 rings (SSSR count). The lowest BCUT2D eigenvalue weighted by molar-refractivity contribution is -0.137. The summed E-state index contributed by atoms with van der Waals surface area (Å²) in [5.41, 5.74) is -0.0512. The molecule has 0 aliphatic heterocycles. The van der Waals surface area contributed by atoms with Crippen molar-refractivity contribution in [2.45, 2.75) is 163 Å². The fraction of sp³-hybridized carbons (Fsp3) is 0.929. The monoisotopic (exact) mass is 423 g/mol. The number of carboxylic acid groups (broad SMARTS) is 1. The van der Waals surface area contributed by atoms with Gasteiger partial charge in [0, 0.05) is 0 Å². The Labute approximate surface area is 190 Å². The van der Waals surface area contributed by atoms with Crippen molar-refractivity contribution in [1.29, 1.82) is 0 Å². The van der Waals surface area contributed by atoms with Crippen molar-refractivity contribution >= 4 is 5.97 Å². The first kappa shape index (κ1) is 29.5. The standard InChI is InChI=1S/C28H55O2/c1-5-9-12-13-14-15-16-17-18-19-20-21-22-25-28(23-10-6-2,24-11-7-3)26(8-4)27(29)30/h5-25H2,1-4H3,(H,29,30). The Hall–Kier alpha value is -0.530. The van der Waals surface area contributed by atoms with E-state index in [-0.39, 0.29) is 5.41 Å². The molecule has 0 saturated heterocycles. The Morgan fingerprint density at radius 3 is 1.20 bits per heavy atom. The Bertz CT molecular complexity index is 369. The van der Waals surface area contributed by atoms with Gasteiger partial charge in [0.1, 0.15) is 0 Å². The third-order valence-corrected chi connectivity index (χ3v) is 7.03. The van der Waals surface area contributed by atoms with E-state index < -0.39 is 5.97 Å². The molecule has 0 aromatic heterocycles. The zero-order valence-electron chi connectivity index (χ0n) is 21.2. The number of hydrogen-bond acceptors (Lipinski definition) is 1. The maximum Gasteiger partial charge on any atom is 0.311 e. The number of carboxylic acids is 1. The molecule has 0 atom stereocenters. The molecule has 0 aliphatic carbocycles. The van der Waals surface area contributed by atoms with E-state index in [9.17, 15) is 9.90 Å². The number of rotatable bonds is 23. The molecule has 0 bridgehead atoms. The summed E-state index contributed by atoms with van der Waals surface area (Å²) in [6, 6.07) is 0. The summed E-state index contributed by atoms with van der Waals surface area (Å²) < 4.78 is 0. The van der Waals surface area contributed by atoms with Gasteiger partial charge in [0.25, 0.3) is 0 Å². The number of hydrogen-bond donors (Lipinski definition) is 1. The average Bonchev–Trinajstić information content (AvgIpc) is 2.74. The molecule has 0 heterocycles. The smallest absolute Gasteiger partial charge is 0.311 e. The molecule has 2 heteroatoms. The molecule has 0 unspecified atom stereocenters. The van der Waals surface area contributed by atoms with Gasteiger partial charge in [-0.1, -0.05) is 137 Å². The topological polar surface area (TPSA) is 37.3 Å². The average molecular weight is 424 g/mol. The minimum Gasteiger partial charge on any atom is -0.481 e. The van der Waals surface area contributed by atoms with Gasteiger partial charge in [-0.25, -0.2) is 0 Å². The largest absolute Gasteiger partial charge is 0.481 e. The van der Waals surface area contributed by atoms with Crippen LogP contribution in [0.2, 0.25) is 0 Å². The molecule has 179 valence electrons. The van der Waals surface area contributed by atoms with Crippen LogP contribution < -0.4 is 0 Å². The maximum absolute atomic E-state index is 12.0. The molecule has 0 spiro atoms. The van der Waals surface area contributed by atoms with E-state index in [1.165, 1.54) is 83.5 Å². The molecule has 0 fully saturated rings. The normalized spacial score (nSPS) is 12.0. The third kappa shape index (κ3) is 13.7. The molecule has 2 nitrogen and oxygen atoms in total. The fourth-order valence-corrected chi connectivity index (χ4v) is 5.09. The highest BCUT2D eigenvalue weighted by Gasteiger charge is 2.41. The van der Waals surface area contributed by atoms with Gasteiger partial charge >= 0.3 is 5.97 Å². The summed E-state index contributed by atoms with van der Waals surface area (Å²) >= 11 is 0. The molecule has 1 N–H and O–H groups in total. The van der Waals surface area contributed by atoms with E-state index in [2.05, 4.69) is 20.8 Å². The second-order valence-corrected chi connectivity index (χ2v) is 9.62. The highest BCUT2D eigenvalue weighted by molar-refractivity contribution is 5.84. The van der Waals surface area contributed by atoms with Crippen LogP contribution in [-0.2, 0) is 4.79 Å². The molecule has 1 radical (unpaired) electrons. The highest BCUT2D eigenvalue weighted by Crippen LogP contribution is 2.46.